The number of nitrogens with one attached hydrogen (secondary N) is 1. The Labute approximate surface area is 137 Å². The number of allylic oxidation sites excluding steroid dienone is 2. The summed E-state index contributed by atoms with van der Waals surface area (Å²) in [6.07, 6.45) is 4.51. The van der Waals surface area contributed by atoms with Gasteiger partial charge in [-0.15, -0.1) is 11.3 Å². The molecule has 0 aliphatic heterocycles. The Balaban J connectivity index is 1.88. The molecule has 2 amide bonds. The van der Waals surface area contributed by atoms with Crippen molar-refractivity contribution in [1.82, 2.24) is 0 Å². The molecule has 2 bridgehead atoms. The fourth-order valence-electron chi connectivity index (χ4n) is 3.72. The van der Waals surface area contributed by atoms with E-state index in [1.54, 1.807) is 6.92 Å². The van der Waals surface area contributed by atoms with E-state index in [2.05, 4.69) is 5.32 Å². The van der Waals surface area contributed by atoms with E-state index < -0.39 is 23.7 Å². The third kappa shape index (κ3) is 2.45. The Kier molecular flexibility index (Phi) is 3.75. The van der Waals surface area contributed by atoms with Crippen molar-refractivity contribution in [2.24, 2.45) is 29.4 Å². The van der Waals surface area contributed by atoms with Crippen molar-refractivity contribution in [3.05, 3.63) is 28.2 Å². The number of carboxylic acid groups (broad SMARTS) is 1. The van der Waals surface area contributed by atoms with Crippen molar-refractivity contribution in [2.75, 3.05) is 5.32 Å². The van der Waals surface area contributed by atoms with E-state index in [-0.39, 0.29) is 17.7 Å². The van der Waals surface area contributed by atoms with Crippen LogP contribution < -0.4 is 11.1 Å². The number of primary amides is 1. The van der Waals surface area contributed by atoms with Gasteiger partial charge < -0.3 is 16.2 Å². The van der Waals surface area contributed by atoms with E-state index in [4.69, 9.17) is 5.73 Å². The lowest BCUT2D eigenvalue weighted by Gasteiger charge is -2.23. The van der Waals surface area contributed by atoms with Crippen molar-refractivity contribution in [1.29, 1.82) is 0 Å². The normalized spacial score (nSPS) is 28.1. The number of hydrogen-bond acceptors (Lipinski definition) is 4. The first-order valence-corrected chi connectivity index (χ1v) is 8.24. The molecule has 122 valence electrons. The summed E-state index contributed by atoms with van der Waals surface area (Å²) in [5.74, 6) is -3.34. The standard InChI is InChI=1S/C16H18N2O4S/c1-6-7(2)23-15(10(6)13(17)19)18-14(20)11-8-3-4-9(5-8)12(11)16(21)22/h3-4,8-9,11-12H,5H2,1-2H3,(H2,17,19)(H,18,20)(H,21,22). The van der Waals surface area contributed by atoms with Gasteiger partial charge in [0.2, 0.25) is 5.91 Å². The van der Waals surface area contributed by atoms with Gasteiger partial charge in [0, 0.05) is 4.88 Å². The summed E-state index contributed by atoms with van der Waals surface area (Å²) in [4.78, 5) is 36.7. The Bertz CT molecular complexity index is 737. The number of carbonyl (C=O) groups is 3. The van der Waals surface area contributed by atoms with E-state index in [0.29, 0.717) is 17.0 Å². The number of aryl methyl sites for hydroxylation is 1. The molecule has 1 aromatic heterocycles. The predicted octanol–water partition coefficient (Wildman–Crippen LogP) is 1.93. The lowest BCUT2D eigenvalue weighted by atomic mass is 9.82. The van der Waals surface area contributed by atoms with Crippen LogP contribution in [0.5, 0.6) is 0 Å². The number of hydrogen-bond donors (Lipinski definition) is 3. The molecule has 7 heteroatoms. The van der Waals surface area contributed by atoms with Gasteiger partial charge in [-0.05, 0) is 37.7 Å². The molecule has 1 aromatic rings. The van der Waals surface area contributed by atoms with Crippen LogP contribution in [0.25, 0.3) is 0 Å². The first kappa shape index (κ1) is 15.7. The summed E-state index contributed by atoms with van der Waals surface area (Å²) < 4.78 is 0. The number of nitrogens with two attached hydrogens (primary N) is 1. The average Bonchev–Trinajstić information content (AvgIpc) is 3.12. The number of amides is 2. The molecule has 0 saturated heterocycles. The second-order valence-corrected chi connectivity index (χ2v) is 7.40. The highest BCUT2D eigenvalue weighted by molar-refractivity contribution is 7.16. The van der Waals surface area contributed by atoms with E-state index in [1.807, 2.05) is 19.1 Å². The predicted molar refractivity (Wildman–Crippen MR) is 86.3 cm³/mol. The van der Waals surface area contributed by atoms with Crippen molar-refractivity contribution < 1.29 is 19.5 Å². The first-order chi connectivity index (χ1) is 10.8. The summed E-state index contributed by atoms with van der Waals surface area (Å²) >= 11 is 1.29. The Morgan fingerprint density at radius 3 is 2.39 bits per heavy atom. The van der Waals surface area contributed by atoms with E-state index in [1.165, 1.54) is 11.3 Å². The molecule has 1 fully saturated rings. The molecule has 23 heavy (non-hydrogen) atoms. The third-order valence-corrected chi connectivity index (χ3v) is 6.04. The molecule has 2 aliphatic rings. The highest BCUT2D eigenvalue weighted by Crippen LogP contribution is 2.48. The first-order valence-electron chi connectivity index (χ1n) is 7.43. The Morgan fingerprint density at radius 1 is 1.22 bits per heavy atom. The summed E-state index contributed by atoms with van der Waals surface area (Å²) in [7, 11) is 0. The zero-order chi connectivity index (χ0) is 16.9. The Hall–Kier alpha value is -2.15. The van der Waals surface area contributed by atoms with Gasteiger partial charge in [0.1, 0.15) is 5.00 Å². The number of aliphatic carboxylic acids is 1. The van der Waals surface area contributed by atoms with Crippen molar-refractivity contribution in [3.8, 4) is 0 Å². The minimum atomic E-state index is -0.948. The fourth-order valence-corrected chi connectivity index (χ4v) is 4.79. The molecule has 1 heterocycles. The molecule has 4 atom stereocenters. The minimum Gasteiger partial charge on any atom is -0.481 e. The minimum absolute atomic E-state index is 0.0553. The van der Waals surface area contributed by atoms with Crippen LogP contribution in [0.3, 0.4) is 0 Å². The van der Waals surface area contributed by atoms with Crippen LogP contribution in [0.15, 0.2) is 12.2 Å². The van der Waals surface area contributed by atoms with Gasteiger partial charge in [0.15, 0.2) is 0 Å². The molecule has 2 aliphatic carbocycles. The molecule has 4 unspecified atom stereocenters. The van der Waals surface area contributed by atoms with Crippen LogP contribution in [0.1, 0.15) is 27.2 Å². The number of rotatable bonds is 4. The summed E-state index contributed by atoms with van der Waals surface area (Å²) in [6.45, 7) is 3.63. The summed E-state index contributed by atoms with van der Waals surface area (Å²) in [5, 5.41) is 12.6. The van der Waals surface area contributed by atoms with Gasteiger partial charge in [-0.3, -0.25) is 14.4 Å². The lowest BCUT2D eigenvalue weighted by Crippen LogP contribution is -2.36. The highest BCUT2D eigenvalue weighted by atomic mass is 32.1. The second kappa shape index (κ2) is 5.49. The number of fused-ring (bicyclic) bond motifs is 2. The highest BCUT2D eigenvalue weighted by Gasteiger charge is 2.51. The van der Waals surface area contributed by atoms with Gasteiger partial charge >= 0.3 is 5.97 Å². The van der Waals surface area contributed by atoms with Gasteiger partial charge in [0.25, 0.3) is 5.91 Å². The van der Waals surface area contributed by atoms with Crippen molar-refractivity contribution >= 4 is 34.1 Å². The maximum absolute atomic E-state index is 12.7. The fraction of sp³-hybridized carbons (Fsp3) is 0.438. The van der Waals surface area contributed by atoms with Crippen LogP contribution >= 0.6 is 11.3 Å². The maximum atomic E-state index is 12.7. The summed E-state index contributed by atoms with van der Waals surface area (Å²) in [6, 6.07) is 0. The van der Waals surface area contributed by atoms with E-state index >= 15 is 0 Å². The van der Waals surface area contributed by atoms with Gasteiger partial charge in [-0.2, -0.15) is 0 Å². The quantitative estimate of drug-likeness (QED) is 0.731. The van der Waals surface area contributed by atoms with Crippen LogP contribution in [-0.2, 0) is 9.59 Å². The van der Waals surface area contributed by atoms with Crippen LogP contribution in [0.2, 0.25) is 0 Å². The molecule has 0 spiro atoms. The van der Waals surface area contributed by atoms with Crippen LogP contribution in [0, 0.1) is 37.5 Å². The van der Waals surface area contributed by atoms with Gasteiger partial charge in [0.05, 0.1) is 17.4 Å². The van der Waals surface area contributed by atoms with Crippen LogP contribution in [-0.4, -0.2) is 22.9 Å². The van der Waals surface area contributed by atoms with Gasteiger partial charge in [-0.1, -0.05) is 12.2 Å². The lowest BCUT2D eigenvalue weighted by molar-refractivity contribution is -0.146. The largest absolute Gasteiger partial charge is 0.481 e. The van der Waals surface area contributed by atoms with Gasteiger partial charge in [-0.25, -0.2) is 0 Å². The number of anilines is 1. The number of carboxylic acids is 1. The number of thiophene rings is 1. The zero-order valence-electron chi connectivity index (χ0n) is 12.8. The molecule has 1 saturated carbocycles. The Morgan fingerprint density at radius 2 is 1.83 bits per heavy atom. The summed E-state index contributed by atoms with van der Waals surface area (Å²) in [5.41, 5.74) is 6.47. The average molecular weight is 334 g/mol. The van der Waals surface area contributed by atoms with E-state index in [9.17, 15) is 19.5 Å². The SMILES string of the molecule is Cc1sc(NC(=O)C2C3C=CC(C3)C2C(=O)O)c(C(N)=O)c1C. The third-order valence-electron chi connectivity index (χ3n) is 4.92. The maximum Gasteiger partial charge on any atom is 0.307 e. The molecule has 4 N–H and O–H groups in total. The smallest absolute Gasteiger partial charge is 0.307 e. The van der Waals surface area contributed by atoms with Crippen molar-refractivity contribution in [2.45, 2.75) is 20.3 Å². The van der Waals surface area contributed by atoms with E-state index in [0.717, 1.165) is 10.4 Å². The molecular weight excluding hydrogens is 316 g/mol. The zero-order valence-corrected chi connectivity index (χ0v) is 13.6. The molecule has 6 nitrogen and oxygen atoms in total. The second-order valence-electron chi connectivity index (χ2n) is 6.18. The molecule has 0 radical (unpaired) electrons. The van der Waals surface area contributed by atoms with Crippen molar-refractivity contribution in [3.63, 3.8) is 0 Å². The van der Waals surface area contributed by atoms with Crippen LogP contribution in [0.4, 0.5) is 5.00 Å². The number of carbonyl (C=O) groups excluding carboxylic acids is 2. The molecular formula is C16H18N2O4S. The molecule has 3 rings (SSSR count). The molecule has 0 aromatic carbocycles. The topological polar surface area (TPSA) is 109 Å². The monoisotopic (exact) mass is 334 g/mol.